The molecule has 0 spiro atoms. The smallest absolute Gasteiger partial charge is 0.213 e. The zero-order chi connectivity index (χ0) is 10.8. The molecule has 1 rings (SSSR count). The predicted molar refractivity (Wildman–Crippen MR) is 60.5 cm³/mol. The number of aromatic nitrogens is 1. The Hall–Kier alpha value is -1.05. The Balaban J connectivity index is 0.000000791. The number of nitrogens with zero attached hydrogens (tertiary/aromatic N) is 1. The van der Waals surface area contributed by atoms with Crippen LogP contribution >= 0.6 is 0 Å². The minimum absolute atomic E-state index is 0.689. The van der Waals surface area contributed by atoms with Gasteiger partial charge in [-0.25, -0.2) is 4.98 Å². The highest BCUT2D eigenvalue weighted by atomic mass is 16.5. The second kappa shape index (κ2) is 8.54. The van der Waals surface area contributed by atoms with Crippen molar-refractivity contribution in [2.24, 2.45) is 5.92 Å². The van der Waals surface area contributed by atoms with Crippen LogP contribution in [0.4, 0.5) is 0 Å². The van der Waals surface area contributed by atoms with Gasteiger partial charge in [-0.3, -0.25) is 0 Å². The minimum Gasteiger partial charge on any atom is -0.478 e. The van der Waals surface area contributed by atoms with Crippen LogP contribution in [0.15, 0.2) is 24.4 Å². The standard InChI is InChI=1S/C10H15NO.C2H6/c1-9(2)6-8-12-10-5-3-4-7-11-10;1-2/h3-5,7,9H,6,8H2,1-2H3;1-2H3. The molecule has 0 radical (unpaired) electrons. The van der Waals surface area contributed by atoms with Crippen LogP contribution in [0.1, 0.15) is 34.1 Å². The minimum atomic E-state index is 0.689. The van der Waals surface area contributed by atoms with Gasteiger partial charge in [0, 0.05) is 12.3 Å². The zero-order valence-corrected chi connectivity index (χ0v) is 9.66. The number of hydrogen-bond donors (Lipinski definition) is 0. The van der Waals surface area contributed by atoms with Crippen molar-refractivity contribution in [1.29, 1.82) is 0 Å². The third-order valence-electron chi connectivity index (χ3n) is 1.58. The molecule has 0 unspecified atom stereocenters. The molecule has 80 valence electrons. The first-order valence-corrected chi connectivity index (χ1v) is 5.33. The molecule has 1 aromatic rings. The summed E-state index contributed by atoms with van der Waals surface area (Å²) in [6.45, 7) is 9.12. The fourth-order valence-electron chi connectivity index (χ4n) is 0.832. The summed E-state index contributed by atoms with van der Waals surface area (Å²) in [7, 11) is 0. The Kier molecular flexibility index (Phi) is 7.90. The van der Waals surface area contributed by atoms with Crippen molar-refractivity contribution in [1.82, 2.24) is 4.98 Å². The monoisotopic (exact) mass is 195 g/mol. The van der Waals surface area contributed by atoms with E-state index in [0.717, 1.165) is 18.9 Å². The van der Waals surface area contributed by atoms with Crippen molar-refractivity contribution in [2.75, 3.05) is 6.61 Å². The van der Waals surface area contributed by atoms with E-state index in [-0.39, 0.29) is 0 Å². The molecule has 0 aliphatic rings. The summed E-state index contributed by atoms with van der Waals surface area (Å²) in [6, 6.07) is 5.69. The van der Waals surface area contributed by atoms with E-state index < -0.39 is 0 Å². The lowest BCUT2D eigenvalue weighted by Gasteiger charge is -2.05. The van der Waals surface area contributed by atoms with Crippen LogP contribution in [-0.4, -0.2) is 11.6 Å². The van der Waals surface area contributed by atoms with Gasteiger partial charge in [-0.1, -0.05) is 33.8 Å². The van der Waals surface area contributed by atoms with E-state index in [1.54, 1.807) is 6.20 Å². The third kappa shape index (κ3) is 6.46. The molecule has 0 aliphatic heterocycles. The lowest BCUT2D eigenvalue weighted by Crippen LogP contribution is -2.02. The van der Waals surface area contributed by atoms with Gasteiger partial charge in [-0.15, -0.1) is 0 Å². The van der Waals surface area contributed by atoms with Crippen LogP contribution in [0.5, 0.6) is 5.88 Å². The lowest BCUT2D eigenvalue weighted by molar-refractivity contribution is 0.279. The van der Waals surface area contributed by atoms with Gasteiger partial charge in [-0.2, -0.15) is 0 Å². The van der Waals surface area contributed by atoms with Crippen molar-refractivity contribution in [3.63, 3.8) is 0 Å². The second-order valence-corrected chi connectivity index (χ2v) is 3.20. The van der Waals surface area contributed by atoms with Gasteiger partial charge in [0.1, 0.15) is 0 Å². The fourth-order valence-corrected chi connectivity index (χ4v) is 0.832. The van der Waals surface area contributed by atoms with Crippen LogP contribution < -0.4 is 4.74 Å². The van der Waals surface area contributed by atoms with Crippen molar-refractivity contribution in [2.45, 2.75) is 34.1 Å². The largest absolute Gasteiger partial charge is 0.478 e. The molecule has 0 aromatic carbocycles. The Bertz CT molecular complexity index is 209. The summed E-state index contributed by atoms with van der Waals surface area (Å²) in [5.41, 5.74) is 0. The Labute approximate surface area is 87.3 Å². The molecular formula is C12H21NO. The van der Waals surface area contributed by atoms with Gasteiger partial charge in [0.25, 0.3) is 0 Å². The van der Waals surface area contributed by atoms with Crippen molar-refractivity contribution in [3.05, 3.63) is 24.4 Å². The first-order valence-electron chi connectivity index (χ1n) is 5.33. The SMILES string of the molecule is CC.CC(C)CCOc1ccccn1. The maximum absolute atomic E-state index is 5.41. The van der Waals surface area contributed by atoms with Gasteiger partial charge >= 0.3 is 0 Å². The van der Waals surface area contributed by atoms with Gasteiger partial charge < -0.3 is 4.74 Å². The highest BCUT2D eigenvalue weighted by Gasteiger charge is 1.95. The molecule has 1 aromatic heterocycles. The normalized spacial score (nSPS) is 9.21. The average Bonchev–Trinajstić information content (AvgIpc) is 2.22. The molecule has 0 fully saturated rings. The van der Waals surface area contributed by atoms with Crippen LogP contribution in [0.25, 0.3) is 0 Å². The zero-order valence-electron chi connectivity index (χ0n) is 9.66. The Morgan fingerprint density at radius 3 is 2.50 bits per heavy atom. The predicted octanol–water partition coefficient (Wildman–Crippen LogP) is 3.53. The number of rotatable bonds is 4. The summed E-state index contributed by atoms with van der Waals surface area (Å²) in [5, 5.41) is 0. The van der Waals surface area contributed by atoms with E-state index in [2.05, 4.69) is 18.8 Å². The molecule has 0 bridgehead atoms. The highest BCUT2D eigenvalue weighted by Crippen LogP contribution is 2.05. The molecule has 0 amide bonds. The molecule has 0 aliphatic carbocycles. The van der Waals surface area contributed by atoms with Crippen LogP contribution in [-0.2, 0) is 0 Å². The van der Waals surface area contributed by atoms with Gasteiger partial charge in [-0.05, 0) is 18.4 Å². The highest BCUT2D eigenvalue weighted by molar-refractivity contribution is 5.08. The number of ether oxygens (including phenoxy) is 1. The molecule has 2 nitrogen and oxygen atoms in total. The van der Waals surface area contributed by atoms with E-state index in [4.69, 9.17) is 4.74 Å². The summed E-state index contributed by atoms with van der Waals surface area (Å²) in [5.74, 6) is 1.41. The molecule has 2 heteroatoms. The number of pyridine rings is 1. The maximum atomic E-state index is 5.41. The van der Waals surface area contributed by atoms with Gasteiger partial charge in [0.15, 0.2) is 0 Å². The summed E-state index contributed by atoms with van der Waals surface area (Å²) >= 11 is 0. The van der Waals surface area contributed by atoms with E-state index in [1.165, 1.54) is 0 Å². The van der Waals surface area contributed by atoms with Crippen LogP contribution in [0.3, 0.4) is 0 Å². The van der Waals surface area contributed by atoms with Crippen molar-refractivity contribution in [3.8, 4) is 5.88 Å². The first kappa shape index (κ1) is 12.9. The summed E-state index contributed by atoms with van der Waals surface area (Å²) in [4.78, 5) is 4.05. The maximum Gasteiger partial charge on any atom is 0.213 e. The lowest BCUT2D eigenvalue weighted by atomic mass is 10.1. The number of hydrogen-bond acceptors (Lipinski definition) is 2. The van der Waals surface area contributed by atoms with Gasteiger partial charge in [0.2, 0.25) is 5.88 Å². The van der Waals surface area contributed by atoms with E-state index in [0.29, 0.717) is 5.92 Å². The van der Waals surface area contributed by atoms with E-state index >= 15 is 0 Å². The average molecular weight is 195 g/mol. The summed E-state index contributed by atoms with van der Waals surface area (Å²) < 4.78 is 5.41. The second-order valence-electron chi connectivity index (χ2n) is 3.20. The topological polar surface area (TPSA) is 22.1 Å². The Morgan fingerprint density at radius 2 is 2.00 bits per heavy atom. The molecule has 0 atom stereocenters. The van der Waals surface area contributed by atoms with Gasteiger partial charge in [0.05, 0.1) is 6.61 Å². The van der Waals surface area contributed by atoms with Crippen molar-refractivity contribution < 1.29 is 4.74 Å². The molecule has 0 N–H and O–H groups in total. The van der Waals surface area contributed by atoms with Crippen LogP contribution in [0, 0.1) is 5.92 Å². The third-order valence-corrected chi connectivity index (χ3v) is 1.58. The quantitative estimate of drug-likeness (QED) is 0.733. The summed E-state index contributed by atoms with van der Waals surface area (Å²) in [6.07, 6.45) is 2.82. The van der Waals surface area contributed by atoms with E-state index in [9.17, 15) is 0 Å². The molecule has 1 heterocycles. The van der Waals surface area contributed by atoms with E-state index in [1.807, 2.05) is 32.0 Å². The molecule has 14 heavy (non-hydrogen) atoms. The molecule has 0 saturated carbocycles. The molecular weight excluding hydrogens is 174 g/mol. The van der Waals surface area contributed by atoms with Crippen LogP contribution in [0.2, 0.25) is 0 Å². The first-order chi connectivity index (χ1) is 6.79. The Morgan fingerprint density at radius 1 is 1.29 bits per heavy atom. The van der Waals surface area contributed by atoms with Crippen molar-refractivity contribution >= 4 is 0 Å². The molecule has 0 saturated heterocycles. The fraction of sp³-hybridized carbons (Fsp3) is 0.583.